The van der Waals surface area contributed by atoms with Gasteiger partial charge in [-0.05, 0) is 50.9 Å². The monoisotopic (exact) mass is 502 g/mol. The zero-order valence-corrected chi connectivity index (χ0v) is 23.4. The SMILES string of the molecule is CCCCCCCCCCCC[SH2+].CCCCCCCCCCCC[SH2+].O=S(=O)([O-])[O-]. The molecule has 0 aromatic rings. The third-order valence-corrected chi connectivity index (χ3v) is 5.77. The normalized spacial score (nSPS) is 10.8. The van der Waals surface area contributed by atoms with Crippen molar-refractivity contribution in [2.24, 2.45) is 0 Å². The van der Waals surface area contributed by atoms with Crippen molar-refractivity contribution in [2.75, 3.05) is 11.5 Å². The van der Waals surface area contributed by atoms with Gasteiger partial charge in [-0.15, -0.1) is 0 Å². The first kappa shape index (κ1) is 36.1. The first-order valence-electron chi connectivity index (χ1n) is 12.8. The minimum atomic E-state index is -5.17. The maximum absolute atomic E-state index is 8.52. The van der Waals surface area contributed by atoms with Crippen LogP contribution in [-0.4, -0.2) is 29.0 Å². The van der Waals surface area contributed by atoms with Crippen molar-refractivity contribution < 1.29 is 17.5 Å². The second kappa shape index (κ2) is 32.7. The van der Waals surface area contributed by atoms with E-state index in [0.29, 0.717) is 0 Å². The van der Waals surface area contributed by atoms with Gasteiger partial charge in [0.25, 0.3) is 0 Å². The Labute approximate surface area is 206 Å². The quantitative estimate of drug-likeness (QED) is 0.0823. The molecule has 31 heavy (non-hydrogen) atoms. The van der Waals surface area contributed by atoms with E-state index in [4.69, 9.17) is 17.5 Å². The third-order valence-electron chi connectivity index (χ3n) is 5.06. The van der Waals surface area contributed by atoms with Crippen LogP contribution >= 0.6 is 0 Å². The summed E-state index contributed by atoms with van der Waals surface area (Å²) in [6.07, 6.45) is 28.6. The molecule has 0 aliphatic heterocycles. The van der Waals surface area contributed by atoms with Crippen LogP contribution in [0.1, 0.15) is 142 Å². The lowest BCUT2D eigenvalue weighted by Crippen LogP contribution is -1.91. The summed E-state index contributed by atoms with van der Waals surface area (Å²) in [6, 6.07) is 0. The molecule has 0 heterocycles. The van der Waals surface area contributed by atoms with Crippen molar-refractivity contribution in [1.29, 1.82) is 0 Å². The molecule has 0 aromatic carbocycles. The van der Waals surface area contributed by atoms with E-state index < -0.39 is 10.4 Å². The van der Waals surface area contributed by atoms with Crippen LogP contribution in [0.15, 0.2) is 0 Å². The molecule has 0 radical (unpaired) electrons. The summed E-state index contributed by atoms with van der Waals surface area (Å²) < 4.78 is 34.1. The van der Waals surface area contributed by atoms with Gasteiger partial charge in [0.2, 0.25) is 0 Å². The molecule has 192 valence electrons. The molecule has 0 bridgehead atoms. The molecule has 0 atom stereocenters. The van der Waals surface area contributed by atoms with Gasteiger partial charge in [-0.3, -0.25) is 8.42 Å². The van der Waals surface area contributed by atoms with Gasteiger partial charge in [0.15, 0.2) is 0 Å². The molecule has 0 aromatic heterocycles. The highest BCUT2D eigenvalue weighted by atomic mass is 32.3. The predicted octanol–water partition coefficient (Wildman–Crippen LogP) is 6.50. The molecule has 0 N–H and O–H groups in total. The molecule has 0 fully saturated rings. The molecule has 0 spiro atoms. The molecule has 0 aliphatic carbocycles. The van der Waals surface area contributed by atoms with Crippen molar-refractivity contribution in [1.82, 2.24) is 0 Å². The van der Waals surface area contributed by atoms with Gasteiger partial charge < -0.3 is 9.11 Å². The molecule has 4 nitrogen and oxygen atoms in total. The lowest BCUT2D eigenvalue weighted by atomic mass is 10.1. The van der Waals surface area contributed by atoms with Gasteiger partial charge in [0.1, 0.15) is 11.5 Å². The molecular weight excluding hydrogens is 448 g/mol. The highest BCUT2D eigenvalue weighted by molar-refractivity contribution is 7.79. The van der Waals surface area contributed by atoms with Crippen LogP contribution in [-0.2, 0) is 35.7 Å². The standard InChI is InChI=1S/2C12H26S.H2O4S/c2*1-2-3-4-5-6-7-8-9-10-11-12-13;1-5(2,3)4/h2*13H,2-12H2,1H3;(H2,1,2,3,4). The summed E-state index contributed by atoms with van der Waals surface area (Å²) in [5.74, 6) is 2.35. The van der Waals surface area contributed by atoms with Crippen molar-refractivity contribution in [3.63, 3.8) is 0 Å². The fourth-order valence-electron chi connectivity index (χ4n) is 3.22. The van der Waals surface area contributed by atoms with Crippen LogP contribution in [0.4, 0.5) is 0 Å². The van der Waals surface area contributed by atoms with E-state index in [1.165, 1.54) is 140 Å². The van der Waals surface area contributed by atoms with E-state index in [1.807, 2.05) is 0 Å². The Morgan fingerprint density at radius 1 is 0.452 bits per heavy atom. The van der Waals surface area contributed by atoms with E-state index in [-0.39, 0.29) is 0 Å². The Morgan fingerprint density at radius 2 is 0.613 bits per heavy atom. The minimum absolute atomic E-state index is 1.18. The second-order valence-corrected chi connectivity index (χ2v) is 10.1. The first-order valence-corrected chi connectivity index (χ1v) is 15.5. The molecule has 7 heteroatoms. The van der Waals surface area contributed by atoms with Crippen LogP contribution < -0.4 is 0 Å². The summed E-state index contributed by atoms with van der Waals surface area (Å²) in [5.41, 5.74) is 0. The Kier molecular flexibility index (Phi) is 38.2. The molecular formula is C24H54O4S3. The van der Waals surface area contributed by atoms with Gasteiger partial charge in [-0.25, -0.2) is 0 Å². The van der Waals surface area contributed by atoms with E-state index in [0.717, 1.165) is 0 Å². The van der Waals surface area contributed by atoms with Crippen molar-refractivity contribution in [2.45, 2.75) is 142 Å². The summed E-state index contributed by atoms with van der Waals surface area (Å²) >= 11 is 7.01. The largest absolute Gasteiger partial charge is 0.759 e. The molecule has 0 unspecified atom stereocenters. The first-order chi connectivity index (χ1) is 14.8. The Morgan fingerprint density at radius 3 is 0.774 bits per heavy atom. The average Bonchev–Trinajstić information content (AvgIpc) is 2.71. The van der Waals surface area contributed by atoms with E-state index in [1.54, 1.807) is 0 Å². The van der Waals surface area contributed by atoms with Crippen molar-refractivity contribution in [3.8, 4) is 0 Å². The zero-order chi connectivity index (χ0) is 24.1. The van der Waals surface area contributed by atoms with Gasteiger partial charge in [0.05, 0.1) is 0 Å². The number of hydrogen-bond acceptors (Lipinski definition) is 4. The average molecular weight is 503 g/mol. The maximum atomic E-state index is 8.52. The highest BCUT2D eigenvalue weighted by Gasteiger charge is 1.93. The van der Waals surface area contributed by atoms with Crippen LogP contribution in [0.25, 0.3) is 0 Å². The van der Waals surface area contributed by atoms with Gasteiger partial charge >= 0.3 is 0 Å². The molecule has 0 aliphatic rings. The van der Waals surface area contributed by atoms with E-state index in [9.17, 15) is 0 Å². The lowest BCUT2D eigenvalue weighted by molar-refractivity contribution is 0.352. The maximum Gasteiger partial charge on any atom is 0.103 e. The number of unbranched alkanes of at least 4 members (excludes halogenated alkanes) is 18. The van der Waals surface area contributed by atoms with Gasteiger partial charge in [-0.2, -0.15) is 0 Å². The summed E-state index contributed by atoms with van der Waals surface area (Å²) in [7, 11) is -5.17. The van der Waals surface area contributed by atoms with Crippen molar-refractivity contribution >= 4 is 35.7 Å². The second-order valence-electron chi connectivity index (χ2n) is 8.27. The van der Waals surface area contributed by atoms with Gasteiger partial charge in [-0.1, -0.05) is 117 Å². The van der Waals surface area contributed by atoms with Crippen LogP contribution in [0.5, 0.6) is 0 Å². The summed E-state index contributed by atoms with van der Waals surface area (Å²) in [4.78, 5) is 0. The molecule has 0 rings (SSSR count). The third kappa shape index (κ3) is 59.0. The number of rotatable bonds is 20. The minimum Gasteiger partial charge on any atom is -0.759 e. The topological polar surface area (TPSA) is 80.3 Å². The fraction of sp³-hybridized carbons (Fsp3) is 1.00. The zero-order valence-electron chi connectivity index (χ0n) is 20.6. The van der Waals surface area contributed by atoms with Crippen LogP contribution in [0.3, 0.4) is 0 Å². The van der Waals surface area contributed by atoms with Crippen LogP contribution in [0.2, 0.25) is 0 Å². The van der Waals surface area contributed by atoms with Gasteiger partial charge in [0, 0.05) is 10.4 Å². The van der Waals surface area contributed by atoms with E-state index >= 15 is 0 Å². The fourth-order valence-corrected chi connectivity index (χ4v) is 3.72. The Balaban J connectivity index is -0.000000416. The molecule has 0 saturated heterocycles. The smallest absolute Gasteiger partial charge is 0.103 e. The Hall–Kier alpha value is 0.570. The Bertz CT molecular complexity index is 340. The van der Waals surface area contributed by atoms with E-state index in [2.05, 4.69) is 39.1 Å². The lowest BCUT2D eigenvalue weighted by Gasteiger charge is -2.06. The van der Waals surface area contributed by atoms with Crippen LogP contribution in [0, 0.1) is 0 Å². The molecule has 0 saturated carbocycles. The summed E-state index contributed by atoms with van der Waals surface area (Å²) in [5, 5.41) is 0. The summed E-state index contributed by atoms with van der Waals surface area (Å²) in [6.45, 7) is 4.56. The molecule has 0 amide bonds. The predicted molar refractivity (Wildman–Crippen MR) is 144 cm³/mol. The number of hydrogen-bond donors (Lipinski definition) is 0. The highest BCUT2D eigenvalue weighted by Crippen LogP contribution is 2.11. The van der Waals surface area contributed by atoms with Crippen molar-refractivity contribution in [3.05, 3.63) is 0 Å².